The Labute approximate surface area is 190 Å². The van der Waals surface area contributed by atoms with Crippen LogP contribution in [-0.4, -0.2) is 42.8 Å². The first-order valence-corrected chi connectivity index (χ1v) is 12.5. The van der Waals surface area contributed by atoms with E-state index in [-0.39, 0.29) is 17.1 Å². The van der Waals surface area contributed by atoms with Crippen molar-refractivity contribution in [3.05, 3.63) is 59.2 Å². The quantitative estimate of drug-likeness (QED) is 0.653. The van der Waals surface area contributed by atoms with Crippen LogP contribution in [0.5, 0.6) is 11.5 Å². The van der Waals surface area contributed by atoms with Crippen LogP contribution in [0.4, 0.5) is 0 Å². The Morgan fingerprint density at radius 1 is 1.06 bits per heavy atom. The van der Waals surface area contributed by atoms with E-state index in [9.17, 15) is 0 Å². The fourth-order valence-electron chi connectivity index (χ4n) is 7.70. The second-order valence-corrected chi connectivity index (χ2v) is 10.7. The number of likely N-dealkylation sites (tertiary alicyclic amines) is 1. The molecule has 2 aromatic carbocycles. The zero-order valence-corrected chi connectivity index (χ0v) is 19.0. The molecule has 0 aromatic heterocycles. The zero-order valence-electron chi connectivity index (χ0n) is 19.0. The van der Waals surface area contributed by atoms with Gasteiger partial charge in [-0.25, -0.2) is 0 Å². The maximum absolute atomic E-state index is 6.83. The standard InChI is InChI=1S/C28H33NO3/c1-30-28-13-5-8-24-27(28)14-15-29(17-19-9-10-19)23(28)16-21-11-12-22(26(32-24)25(21)27)31-18-20-6-3-2-4-7-20/h2-4,6-7,11-12,19,23-24H,5,8-10,13-18H2,1H3/t23-,24+,27-,28-/m1/s1. The number of nitrogens with zero attached hydrogens (tertiary/aromatic N) is 1. The summed E-state index contributed by atoms with van der Waals surface area (Å²) in [6, 6.07) is 15.4. The van der Waals surface area contributed by atoms with E-state index in [0.717, 1.165) is 43.1 Å². The predicted molar refractivity (Wildman–Crippen MR) is 123 cm³/mol. The lowest BCUT2D eigenvalue weighted by Gasteiger charge is -2.64. The first kappa shape index (κ1) is 19.4. The summed E-state index contributed by atoms with van der Waals surface area (Å²) in [6.45, 7) is 2.98. The Morgan fingerprint density at radius 3 is 2.75 bits per heavy atom. The molecular weight excluding hydrogens is 398 g/mol. The number of hydrogen-bond donors (Lipinski definition) is 0. The van der Waals surface area contributed by atoms with E-state index in [1.807, 2.05) is 13.2 Å². The van der Waals surface area contributed by atoms with Crippen molar-refractivity contribution < 1.29 is 14.2 Å². The molecule has 2 heterocycles. The molecule has 4 heteroatoms. The van der Waals surface area contributed by atoms with Crippen LogP contribution in [-0.2, 0) is 23.2 Å². The van der Waals surface area contributed by atoms with E-state index in [1.165, 1.54) is 49.0 Å². The number of piperidine rings is 1. The van der Waals surface area contributed by atoms with Crippen molar-refractivity contribution in [1.82, 2.24) is 4.90 Å². The highest BCUT2D eigenvalue weighted by Gasteiger charge is 2.72. The SMILES string of the molecule is CO[C@@]12CCC[C@@H]3Oc4c(OCc5ccccc5)ccc5c4[C@@]31CCN(CC1CC1)[C@@H]2C5. The number of methoxy groups -OCH3 is 1. The van der Waals surface area contributed by atoms with E-state index in [4.69, 9.17) is 14.2 Å². The van der Waals surface area contributed by atoms with Crippen LogP contribution in [0.25, 0.3) is 0 Å². The lowest BCUT2D eigenvalue weighted by Crippen LogP contribution is -2.75. The third kappa shape index (κ3) is 2.51. The summed E-state index contributed by atoms with van der Waals surface area (Å²) in [5, 5.41) is 0. The minimum absolute atomic E-state index is 0.0280. The predicted octanol–water partition coefficient (Wildman–Crippen LogP) is 4.87. The Kier molecular flexibility index (Phi) is 4.24. The topological polar surface area (TPSA) is 30.9 Å². The van der Waals surface area contributed by atoms with E-state index in [1.54, 1.807) is 0 Å². The van der Waals surface area contributed by atoms with Crippen LogP contribution in [0.2, 0.25) is 0 Å². The molecule has 7 rings (SSSR count). The lowest BCUT2D eigenvalue weighted by atomic mass is 9.49. The van der Waals surface area contributed by atoms with Gasteiger partial charge in [-0.2, -0.15) is 0 Å². The summed E-state index contributed by atoms with van der Waals surface area (Å²) in [4.78, 5) is 2.79. The van der Waals surface area contributed by atoms with Crippen LogP contribution in [0.3, 0.4) is 0 Å². The second kappa shape index (κ2) is 6.98. The molecule has 0 amide bonds. The first-order chi connectivity index (χ1) is 15.7. The average Bonchev–Trinajstić information content (AvgIpc) is 3.58. The van der Waals surface area contributed by atoms with E-state index in [2.05, 4.69) is 41.3 Å². The normalized spacial score (nSPS) is 34.7. The zero-order chi connectivity index (χ0) is 21.3. The Hall–Kier alpha value is -2.04. The molecule has 2 saturated carbocycles. The molecule has 0 radical (unpaired) electrons. The van der Waals surface area contributed by atoms with Gasteiger partial charge in [-0.3, -0.25) is 4.90 Å². The minimum Gasteiger partial charge on any atom is -0.485 e. The summed E-state index contributed by atoms with van der Waals surface area (Å²) < 4.78 is 19.8. The van der Waals surface area contributed by atoms with Gasteiger partial charge in [-0.1, -0.05) is 36.4 Å². The highest BCUT2D eigenvalue weighted by atomic mass is 16.5. The number of hydrogen-bond acceptors (Lipinski definition) is 4. The molecule has 32 heavy (non-hydrogen) atoms. The van der Waals surface area contributed by atoms with Crippen molar-refractivity contribution in [3.8, 4) is 11.5 Å². The van der Waals surface area contributed by atoms with Gasteiger partial charge >= 0.3 is 0 Å². The molecule has 3 aliphatic carbocycles. The molecular formula is C28H33NO3. The van der Waals surface area contributed by atoms with E-state index < -0.39 is 0 Å². The Morgan fingerprint density at radius 2 is 1.94 bits per heavy atom. The molecule has 4 nitrogen and oxygen atoms in total. The molecule has 4 atom stereocenters. The summed E-state index contributed by atoms with van der Waals surface area (Å²) in [5.74, 6) is 2.82. The molecule has 5 aliphatic rings. The Bertz CT molecular complexity index is 1030. The maximum atomic E-state index is 6.83. The highest BCUT2D eigenvalue weighted by Crippen LogP contribution is 2.66. The molecule has 3 fully saturated rings. The highest BCUT2D eigenvalue weighted by molar-refractivity contribution is 5.62. The van der Waals surface area contributed by atoms with Gasteiger partial charge in [0.1, 0.15) is 12.7 Å². The largest absolute Gasteiger partial charge is 0.485 e. The number of ether oxygens (including phenoxy) is 3. The van der Waals surface area contributed by atoms with Gasteiger partial charge in [0.15, 0.2) is 11.5 Å². The molecule has 1 saturated heterocycles. The maximum Gasteiger partial charge on any atom is 0.165 e. The molecule has 0 N–H and O–H groups in total. The lowest BCUT2D eigenvalue weighted by molar-refractivity contribution is -0.202. The molecule has 1 spiro atoms. The number of rotatable bonds is 6. The minimum atomic E-state index is -0.140. The van der Waals surface area contributed by atoms with Gasteiger partial charge in [-0.05, 0) is 74.6 Å². The van der Waals surface area contributed by atoms with Crippen molar-refractivity contribution in [2.24, 2.45) is 5.92 Å². The second-order valence-electron chi connectivity index (χ2n) is 10.7. The van der Waals surface area contributed by atoms with Gasteiger partial charge in [-0.15, -0.1) is 0 Å². The third-order valence-electron chi connectivity index (χ3n) is 9.21. The van der Waals surface area contributed by atoms with Crippen molar-refractivity contribution in [2.45, 2.75) is 74.7 Å². The van der Waals surface area contributed by atoms with E-state index in [0.29, 0.717) is 12.6 Å². The monoisotopic (exact) mass is 431 g/mol. The molecule has 168 valence electrons. The average molecular weight is 432 g/mol. The van der Waals surface area contributed by atoms with Gasteiger partial charge in [0, 0.05) is 25.3 Å². The van der Waals surface area contributed by atoms with Gasteiger partial charge in [0.2, 0.25) is 0 Å². The number of benzene rings is 2. The van der Waals surface area contributed by atoms with Crippen LogP contribution >= 0.6 is 0 Å². The van der Waals surface area contributed by atoms with Crippen LogP contribution in [0, 0.1) is 5.92 Å². The van der Waals surface area contributed by atoms with Crippen molar-refractivity contribution >= 4 is 0 Å². The van der Waals surface area contributed by atoms with Gasteiger partial charge < -0.3 is 14.2 Å². The molecule has 2 aliphatic heterocycles. The van der Waals surface area contributed by atoms with Crippen LogP contribution in [0.1, 0.15) is 55.2 Å². The summed E-state index contributed by atoms with van der Waals surface area (Å²) >= 11 is 0. The van der Waals surface area contributed by atoms with Gasteiger partial charge in [0.25, 0.3) is 0 Å². The summed E-state index contributed by atoms with van der Waals surface area (Å²) in [5.41, 5.74) is 3.91. The molecule has 2 aromatic rings. The fraction of sp³-hybridized carbons (Fsp3) is 0.571. The van der Waals surface area contributed by atoms with Crippen molar-refractivity contribution in [1.29, 1.82) is 0 Å². The van der Waals surface area contributed by atoms with Gasteiger partial charge in [0.05, 0.1) is 11.0 Å². The van der Waals surface area contributed by atoms with Crippen molar-refractivity contribution in [2.75, 3.05) is 20.2 Å². The Balaban J connectivity index is 1.32. The third-order valence-corrected chi connectivity index (χ3v) is 9.21. The smallest absolute Gasteiger partial charge is 0.165 e. The van der Waals surface area contributed by atoms with E-state index >= 15 is 0 Å². The van der Waals surface area contributed by atoms with Crippen LogP contribution in [0.15, 0.2) is 42.5 Å². The van der Waals surface area contributed by atoms with Crippen molar-refractivity contribution in [3.63, 3.8) is 0 Å². The molecule has 0 unspecified atom stereocenters. The fourth-order valence-corrected chi connectivity index (χ4v) is 7.70. The summed E-state index contributed by atoms with van der Waals surface area (Å²) in [6.07, 6.45) is 8.66. The summed E-state index contributed by atoms with van der Waals surface area (Å²) in [7, 11) is 1.97. The first-order valence-electron chi connectivity index (χ1n) is 12.5. The molecule has 2 bridgehead atoms. The van der Waals surface area contributed by atoms with Crippen LogP contribution < -0.4 is 9.47 Å².